The maximum absolute atomic E-state index is 11.5. The van der Waals surface area contributed by atoms with Gasteiger partial charge in [-0.3, -0.25) is 4.79 Å². The highest BCUT2D eigenvalue weighted by Crippen LogP contribution is 2.21. The lowest BCUT2D eigenvalue weighted by molar-refractivity contribution is -0.129. The van der Waals surface area contributed by atoms with E-state index in [1.54, 1.807) is 0 Å². The van der Waals surface area contributed by atoms with Gasteiger partial charge in [-0.15, -0.1) is 0 Å². The van der Waals surface area contributed by atoms with Gasteiger partial charge in [0.1, 0.15) is 0 Å². The molecule has 0 aromatic heterocycles. The van der Waals surface area contributed by atoms with Crippen LogP contribution in [0.3, 0.4) is 0 Å². The van der Waals surface area contributed by atoms with Gasteiger partial charge >= 0.3 is 0 Å². The topological polar surface area (TPSA) is 20.3 Å². The van der Waals surface area contributed by atoms with Gasteiger partial charge in [0, 0.05) is 13.1 Å². The molecule has 17 heavy (non-hydrogen) atoms. The van der Waals surface area contributed by atoms with Gasteiger partial charge in [-0.25, -0.2) is 0 Å². The fourth-order valence-electron chi connectivity index (χ4n) is 2.42. The van der Waals surface area contributed by atoms with Crippen LogP contribution in [0.1, 0.15) is 18.4 Å². The first-order valence-electron chi connectivity index (χ1n) is 6.17. The molecule has 1 fully saturated rings. The fourth-order valence-corrected chi connectivity index (χ4v) is 2.77. The Hall–Kier alpha value is -0.830. The van der Waals surface area contributed by atoms with E-state index in [1.165, 1.54) is 5.56 Å². The SMILES string of the molecule is O=C(CBr)N1CCC(Cc2ccccc2)CC1. The number of carbonyl (C=O) groups excluding carboxylic acids is 1. The molecule has 1 heterocycles. The van der Waals surface area contributed by atoms with Crippen molar-refractivity contribution >= 4 is 21.8 Å². The number of piperidine rings is 1. The van der Waals surface area contributed by atoms with Gasteiger partial charge < -0.3 is 4.90 Å². The number of alkyl halides is 1. The zero-order chi connectivity index (χ0) is 12.1. The summed E-state index contributed by atoms with van der Waals surface area (Å²) in [4.78, 5) is 13.5. The Kier molecular flexibility index (Phi) is 4.60. The first-order chi connectivity index (χ1) is 8.29. The summed E-state index contributed by atoms with van der Waals surface area (Å²) in [5, 5.41) is 0.455. The summed E-state index contributed by atoms with van der Waals surface area (Å²) in [6, 6.07) is 10.6. The van der Waals surface area contributed by atoms with E-state index < -0.39 is 0 Å². The molecule has 1 amide bonds. The van der Waals surface area contributed by atoms with E-state index >= 15 is 0 Å². The van der Waals surface area contributed by atoms with Crippen molar-refractivity contribution in [3.05, 3.63) is 35.9 Å². The molecule has 0 aliphatic carbocycles. The number of halogens is 1. The molecule has 1 aromatic carbocycles. The van der Waals surface area contributed by atoms with Gasteiger partial charge in [-0.2, -0.15) is 0 Å². The minimum atomic E-state index is 0.225. The minimum Gasteiger partial charge on any atom is -0.342 e. The summed E-state index contributed by atoms with van der Waals surface area (Å²) >= 11 is 3.23. The Morgan fingerprint density at radius 1 is 1.24 bits per heavy atom. The summed E-state index contributed by atoms with van der Waals surface area (Å²) in [5.41, 5.74) is 1.41. The Bertz CT molecular complexity index is 358. The van der Waals surface area contributed by atoms with Crippen molar-refractivity contribution in [2.24, 2.45) is 5.92 Å². The van der Waals surface area contributed by atoms with Crippen LogP contribution in [0, 0.1) is 5.92 Å². The third kappa shape index (κ3) is 3.56. The maximum atomic E-state index is 11.5. The summed E-state index contributed by atoms with van der Waals surface area (Å²) in [7, 11) is 0. The van der Waals surface area contributed by atoms with Crippen molar-refractivity contribution in [2.45, 2.75) is 19.3 Å². The molecule has 0 bridgehead atoms. The van der Waals surface area contributed by atoms with Crippen molar-refractivity contribution in [3.63, 3.8) is 0 Å². The average molecular weight is 296 g/mol. The second-order valence-corrected chi connectivity index (χ2v) is 5.21. The predicted octanol–water partition coefficient (Wildman–Crippen LogP) is 2.86. The summed E-state index contributed by atoms with van der Waals surface area (Å²) < 4.78 is 0. The first-order valence-corrected chi connectivity index (χ1v) is 7.29. The number of amides is 1. The molecule has 0 spiro atoms. The quantitative estimate of drug-likeness (QED) is 0.785. The second-order valence-electron chi connectivity index (χ2n) is 4.65. The van der Waals surface area contributed by atoms with Crippen molar-refractivity contribution in [1.29, 1.82) is 0 Å². The van der Waals surface area contributed by atoms with E-state index in [9.17, 15) is 4.79 Å². The van der Waals surface area contributed by atoms with Crippen LogP contribution >= 0.6 is 15.9 Å². The van der Waals surface area contributed by atoms with Crippen molar-refractivity contribution < 1.29 is 4.79 Å². The molecule has 92 valence electrons. The van der Waals surface area contributed by atoms with Gasteiger partial charge in [-0.05, 0) is 30.7 Å². The van der Waals surface area contributed by atoms with E-state index in [4.69, 9.17) is 0 Å². The lowest BCUT2D eigenvalue weighted by Gasteiger charge is -2.31. The van der Waals surface area contributed by atoms with Crippen molar-refractivity contribution in [2.75, 3.05) is 18.4 Å². The number of rotatable bonds is 3. The summed E-state index contributed by atoms with van der Waals surface area (Å²) in [5.74, 6) is 0.958. The van der Waals surface area contributed by atoms with Crippen LogP contribution in [-0.2, 0) is 11.2 Å². The highest BCUT2D eigenvalue weighted by molar-refractivity contribution is 9.09. The zero-order valence-corrected chi connectivity index (χ0v) is 11.5. The van der Waals surface area contributed by atoms with E-state index in [2.05, 4.69) is 46.3 Å². The molecule has 0 unspecified atom stereocenters. The number of benzene rings is 1. The monoisotopic (exact) mass is 295 g/mol. The normalized spacial score (nSPS) is 17.1. The van der Waals surface area contributed by atoms with E-state index in [0.717, 1.165) is 38.3 Å². The van der Waals surface area contributed by atoms with Crippen molar-refractivity contribution in [3.8, 4) is 0 Å². The standard InChI is InChI=1S/C14H18BrNO/c15-11-14(17)16-8-6-13(7-9-16)10-12-4-2-1-3-5-12/h1-5,13H,6-11H2. The zero-order valence-electron chi connectivity index (χ0n) is 9.94. The van der Waals surface area contributed by atoms with E-state index in [1.807, 2.05) is 4.90 Å². The third-order valence-electron chi connectivity index (χ3n) is 3.45. The maximum Gasteiger partial charge on any atom is 0.233 e. The number of hydrogen-bond donors (Lipinski definition) is 0. The molecule has 2 rings (SSSR count). The van der Waals surface area contributed by atoms with Gasteiger partial charge in [-0.1, -0.05) is 46.3 Å². The predicted molar refractivity (Wildman–Crippen MR) is 73.2 cm³/mol. The molecule has 0 atom stereocenters. The molecular weight excluding hydrogens is 278 g/mol. The molecule has 1 saturated heterocycles. The molecule has 0 N–H and O–H groups in total. The van der Waals surface area contributed by atoms with Crippen LogP contribution in [-0.4, -0.2) is 29.2 Å². The highest BCUT2D eigenvalue weighted by atomic mass is 79.9. The van der Waals surface area contributed by atoms with Crippen LogP contribution in [0.2, 0.25) is 0 Å². The number of nitrogens with zero attached hydrogens (tertiary/aromatic N) is 1. The lowest BCUT2D eigenvalue weighted by Crippen LogP contribution is -2.39. The molecular formula is C14H18BrNO. The van der Waals surface area contributed by atoms with Crippen molar-refractivity contribution in [1.82, 2.24) is 4.90 Å². The fraction of sp³-hybridized carbons (Fsp3) is 0.500. The molecule has 2 nitrogen and oxygen atoms in total. The molecule has 1 aromatic rings. The van der Waals surface area contributed by atoms with Crippen LogP contribution in [0.4, 0.5) is 0 Å². The largest absolute Gasteiger partial charge is 0.342 e. The summed E-state index contributed by atoms with van der Waals surface area (Å²) in [6.45, 7) is 1.84. The first kappa shape index (κ1) is 12.6. The molecule has 0 saturated carbocycles. The molecule has 1 aliphatic rings. The Balaban J connectivity index is 1.82. The summed E-state index contributed by atoms with van der Waals surface area (Å²) in [6.07, 6.45) is 3.42. The smallest absolute Gasteiger partial charge is 0.233 e. The minimum absolute atomic E-state index is 0.225. The Morgan fingerprint density at radius 2 is 1.88 bits per heavy atom. The van der Waals surface area contributed by atoms with Gasteiger partial charge in [0.15, 0.2) is 0 Å². The number of likely N-dealkylation sites (tertiary alicyclic amines) is 1. The molecule has 1 aliphatic heterocycles. The lowest BCUT2D eigenvalue weighted by atomic mass is 9.90. The Morgan fingerprint density at radius 3 is 2.47 bits per heavy atom. The number of hydrogen-bond acceptors (Lipinski definition) is 1. The van der Waals surface area contributed by atoms with Crippen LogP contribution in [0.15, 0.2) is 30.3 Å². The van der Waals surface area contributed by atoms with Gasteiger partial charge in [0.2, 0.25) is 5.91 Å². The second kappa shape index (κ2) is 6.20. The van der Waals surface area contributed by atoms with Gasteiger partial charge in [0.25, 0.3) is 0 Å². The highest BCUT2D eigenvalue weighted by Gasteiger charge is 2.21. The van der Waals surface area contributed by atoms with Crippen LogP contribution in [0.25, 0.3) is 0 Å². The van der Waals surface area contributed by atoms with Crippen LogP contribution < -0.4 is 0 Å². The molecule has 0 radical (unpaired) electrons. The van der Waals surface area contributed by atoms with Gasteiger partial charge in [0.05, 0.1) is 5.33 Å². The Labute approximate surface area is 111 Å². The third-order valence-corrected chi connectivity index (χ3v) is 3.93. The van der Waals surface area contributed by atoms with Crippen LogP contribution in [0.5, 0.6) is 0 Å². The molecule has 3 heteroatoms. The number of carbonyl (C=O) groups is 1. The van der Waals surface area contributed by atoms with E-state index in [-0.39, 0.29) is 5.91 Å². The average Bonchev–Trinajstić information content (AvgIpc) is 2.40. The van der Waals surface area contributed by atoms with E-state index in [0.29, 0.717) is 5.33 Å².